The Morgan fingerprint density at radius 2 is 1.25 bits per heavy atom. The molecular formula is C16H12N4+2. The van der Waals surface area contributed by atoms with Crippen molar-refractivity contribution in [1.29, 1.82) is 10.5 Å². The number of hydrogen-bond donors (Lipinski definition) is 0. The summed E-state index contributed by atoms with van der Waals surface area (Å²) in [6.07, 6.45) is 7.27. The van der Waals surface area contributed by atoms with Crippen molar-refractivity contribution in [3.63, 3.8) is 0 Å². The minimum absolute atomic E-state index is 0.536. The Morgan fingerprint density at radius 1 is 0.800 bits per heavy atom. The van der Waals surface area contributed by atoms with Crippen LogP contribution in [0, 0.1) is 34.5 Å². The van der Waals surface area contributed by atoms with Crippen LogP contribution < -0.4 is 9.13 Å². The van der Waals surface area contributed by atoms with E-state index in [-0.39, 0.29) is 0 Å². The molecule has 0 bridgehead atoms. The molecule has 0 saturated carbocycles. The third kappa shape index (κ3) is 3.67. The third-order valence-corrected chi connectivity index (χ3v) is 2.62. The Bertz CT molecular complexity index is 691. The Labute approximate surface area is 117 Å². The van der Waals surface area contributed by atoms with Crippen LogP contribution in [-0.2, 0) is 13.1 Å². The van der Waals surface area contributed by atoms with Gasteiger partial charge in [0.25, 0.3) is 0 Å². The molecule has 94 valence electrons. The molecule has 20 heavy (non-hydrogen) atoms. The van der Waals surface area contributed by atoms with E-state index in [1.54, 1.807) is 24.5 Å². The van der Waals surface area contributed by atoms with Crippen LogP contribution in [0.1, 0.15) is 11.1 Å². The van der Waals surface area contributed by atoms with Crippen molar-refractivity contribution in [2.24, 2.45) is 0 Å². The van der Waals surface area contributed by atoms with E-state index in [1.165, 1.54) is 0 Å². The number of rotatable bonds is 2. The molecule has 2 aromatic rings. The van der Waals surface area contributed by atoms with Gasteiger partial charge in [0.1, 0.15) is 23.3 Å². The molecule has 0 aliphatic carbocycles. The van der Waals surface area contributed by atoms with Gasteiger partial charge < -0.3 is 0 Å². The van der Waals surface area contributed by atoms with Gasteiger partial charge in [-0.25, -0.2) is 0 Å². The van der Waals surface area contributed by atoms with Crippen LogP contribution in [0.5, 0.6) is 0 Å². The highest BCUT2D eigenvalue weighted by Crippen LogP contribution is 1.90. The summed E-state index contributed by atoms with van der Waals surface area (Å²) < 4.78 is 3.73. The highest BCUT2D eigenvalue weighted by Gasteiger charge is 2.00. The topological polar surface area (TPSA) is 55.3 Å². The first-order chi connectivity index (χ1) is 9.81. The Morgan fingerprint density at radius 3 is 1.65 bits per heavy atom. The Hall–Kier alpha value is -3.16. The lowest BCUT2D eigenvalue weighted by atomic mass is 10.3. The van der Waals surface area contributed by atoms with E-state index in [1.807, 2.05) is 33.7 Å². The minimum Gasteiger partial charge on any atom is -0.192 e. The van der Waals surface area contributed by atoms with Crippen LogP contribution in [0.25, 0.3) is 0 Å². The lowest BCUT2D eigenvalue weighted by molar-refractivity contribution is -0.687. The van der Waals surface area contributed by atoms with Crippen LogP contribution >= 0.6 is 0 Å². The quantitative estimate of drug-likeness (QED) is 0.590. The van der Waals surface area contributed by atoms with Crippen molar-refractivity contribution >= 4 is 0 Å². The van der Waals surface area contributed by atoms with E-state index in [4.69, 9.17) is 10.5 Å². The van der Waals surface area contributed by atoms with Gasteiger partial charge in [0.15, 0.2) is 24.8 Å². The van der Waals surface area contributed by atoms with Gasteiger partial charge in [0.2, 0.25) is 13.1 Å². The van der Waals surface area contributed by atoms with Gasteiger partial charge in [0, 0.05) is 12.1 Å². The zero-order valence-electron chi connectivity index (χ0n) is 10.8. The normalized spacial score (nSPS) is 8.90. The van der Waals surface area contributed by atoms with Crippen LogP contribution in [-0.4, -0.2) is 0 Å². The lowest BCUT2D eigenvalue weighted by Crippen LogP contribution is -2.34. The predicted octanol–water partition coefficient (Wildman–Crippen LogP) is 0.709. The third-order valence-electron chi connectivity index (χ3n) is 2.62. The smallest absolute Gasteiger partial charge is 0.192 e. The second kappa shape index (κ2) is 6.69. The first-order valence-electron chi connectivity index (χ1n) is 6.06. The summed E-state index contributed by atoms with van der Waals surface area (Å²) in [5.41, 5.74) is 1.23. The zero-order valence-corrected chi connectivity index (χ0v) is 10.8. The van der Waals surface area contributed by atoms with Gasteiger partial charge in [-0.2, -0.15) is 19.7 Å². The van der Waals surface area contributed by atoms with Crippen molar-refractivity contribution in [3.8, 4) is 24.0 Å². The molecular weight excluding hydrogens is 248 g/mol. The molecule has 0 N–H and O–H groups in total. The van der Waals surface area contributed by atoms with Gasteiger partial charge in [-0.1, -0.05) is 0 Å². The molecule has 0 fully saturated rings. The highest BCUT2D eigenvalue weighted by molar-refractivity contribution is 5.22. The fraction of sp³-hybridized carbons (Fsp3) is 0.125. The maximum absolute atomic E-state index is 8.80. The molecule has 0 aliphatic heterocycles. The monoisotopic (exact) mass is 260 g/mol. The van der Waals surface area contributed by atoms with E-state index in [2.05, 4.69) is 24.0 Å². The van der Waals surface area contributed by atoms with E-state index in [9.17, 15) is 0 Å². The molecule has 0 radical (unpaired) electrons. The van der Waals surface area contributed by atoms with E-state index >= 15 is 0 Å². The molecule has 2 heterocycles. The molecule has 0 unspecified atom stereocenters. The van der Waals surface area contributed by atoms with Crippen molar-refractivity contribution in [3.05, 3.63) is 60.2 Å². The summed E-state index contributed by atoms with van der Waals surface area (Å²) in [4.78, 5) is 0. The molecule has 0 aromatic carbocycles. The Kier molecular flexibility index (Phi) is 4.44. The number of aromatic nitrogens is 2. The van der Waals surface area contributed by atoms with E-state index < -0.39 is 0 Å². The van der Waals surface area contributed by atoms with Gasteiger partial charge in [-0.3, -0.25) is 0 Å². The summed E-state index contributed by atoms with van der Waals surface area (Å²) in [5, 5.41) is 17.6. The maximum Gasteiger partial charge on any atom is 0.209 e. The van der Waals surface area contributed by atoms with Gasteiger partial charge in [-0.15, -0.1) is 0 Å². The average Bonchev–Trinajstić information content (AvgIpc) is 2.52. The van der Waals surface area contributed by atoms with E-state index in [0.717, 1.165) is 0 Å². The number of pyridine rings is 2. The first kappa shape index (κ1) is 13.3. The standard InChI is InChI=1S/C16H12N4/c17-11-15-5-3-9-19(13-15)7-1-2-8-20-10-4-6-16(12-18)14-20/h3-6,9-10,13-14H,7-8H2/q+2. The van der Waals surface area contributed by atoms with Crippen molar-refractivity contribution in [2.45, 2.75) is 13.1 Å². The largest absolute Gasteiger partial charge is 0.209 e. The molecule has 0 amide bonds. The minimum atomic E-state index is 0.536. The maximum atomic E-state index is 8.80. The van der Waals surface area contributed by atoms with Crippen LogP contribution in [0.2, 0.25) is 0 Å². The first-order valence-corrected chi connectivity index (χ1v) is 6.06. The zero-order chi connectivity index (χ0) is 14.2. The summed E-state index contributed by atoms with van der Waals surface area (Å²) in [6, 6.07) is 11.3. The second-order valence-electron chi connectivity index (χ2n) is 4.11. The summed E-state index contributed by atoms with van der Waals surface area (Å²) in [7, 11) is 0. The number of nitrogens with zero attached hydrogens (tertiary/aromatic N) is 4. The molecule has 0 saturated heterocycles. The molecule has 0 spiro atoms. The lowest BCUT2D eigenvalue weighted by Gasteiger charge is -1.90. The van der Waals surface area contributed by atoms with Gasteiger partial charge in [-0.05, 0) is 24.0 Å². The number of nitriles is 2. The highest BCUT2D eigenvalue weighted by atomic mass is 14.9. The molecule has 2 rings (SSSR count). The average molecular weight is 260 g/mol. The second-order valence-corrected chi connectivity index (χ2v) is 4.11. The summed E-state index contributed by atoms with van der Waals surface area (Å²) in [5.74, 6) is 6.08. The fourth-order valence-corrected chi connectivity index (χ4v) is 1.67. The van der Waals surface area contributed by atoms with Gasteiger partial charge >= 0.3 is 0 Å². The van der Waals surface area contributed by atoms with Gasteiger partial charge in [0.05, 0.1) is 0 Å². The predicted molar refractivity (Wildman–Crippen MR) is 70.5 cm³/mol. The number of hydrogen-bond acceptors (Lipinski definition) is 2. The summed E-state index contributed by atoms with van der Waals surface area (Å²) in [6.45, 7) is 1.07. The SMILES string of the molecule is N#Cc1ccc[n+](CC#CC[n+]2cccc(C#N)c2)c1. The Balaban J connectivity index is 1.98. The molecule has 4 heteroatoms. The van der Waals surface area contributed by atoms with Crippen LogP contribution in [0.15, 0.2) is 49.1 Å². The molecule has 0 atom stereocenters. The molecule has 0 aliphatic rings. The van der Waals surface area contributed by atoms with Crippen molar-refractivity contribution < 1.29 is 9.13 Å². The van der Waals surface area contributed by atoms with Crippen LogP contribution in [0.3, 0.4) is 0 Å². The van der Waals surface area contributed by atoms with Crippen LogP contribution in [0.4, 0.5) is 0 Å². The molecule has 2 aromatic heterocycles. The van der Waals surface area contributed by atoms with Crippen molar-refractivity contribution in [2.75, 3.05) is 0 Å². The fourth-order valence-electron chi connectivity index (χ4n) is 1.67. The van der Waals surface area contributed by atoms with E-state index in [0.29, 0.717) is 24.2 Å². The van der Waals surface area contributed by atoms with Crippen molar-refractivity contribution in [1.82, 2.24) is 0 Å². The molecule has 4 nitrogen and oxygen atoms in total. The summed E-state index contributed by atoms with van der Waals surface area (Å²) >= 11 is 0.